The summed E-state index contributed by atoms with van der Waals surface area (Å²) >= 11 is 0. The van der Waals surface area contributed by atoms with Gasteiger partial charge in [-0.25, -0.2) is 13.6 Å². The number of aryl methyl sites for hydroxylation is 2. The average Bonchev–Trinajstić information content (AvgIpc) is 2.42. The molecule has 0 atom stereocenters. The number of sulfonamides is 1. The highest BCUT2D eigenvalue weighted by Crippen LogP contribution is 2.29. The zero-order chi connectivity index (χ0) is 16.5. The Kier molecular flexibility index (Phi) is 4.16. The van der Waals surface area contributed by atoms with E-state index in [0.717, 1.165) is 17.2 Å². The molecule has 2 aromatic carbocycles. The van der Waals surface area contributed by atoms with Gasteiger partial charge in [0.05, 0.1) is 10.6 Å². The zero-order valence-electron chi connectivity index (χ0n) is 12.0. The zero-order valence-corrected chi connectivity index (χ0v) is 12.8. The number of hydrogen-bond acceptors (Lipinski definition) is 5. The second kappa shape index (κ2) is 5.74. The van der Waals surface area contributed by atoms with Crippen LogP contribution < -0.4 is 10.5 Å². The first kappa shape index (κ1) is 15.9. The van der Waals surface area contributed by atoms with E-state index in [4.69, 9.17) is 5.14 Å². The largest absolute Gasteiger partial charge is 0.354 e. The first-order valence-corrected chi connectivity index (χ1v) is 7.88. The van der Waals surface area contributed by atoms with Gasteiger partial charge in [-0.15, -0.1) is 0 Å². The van der Waals surface area contributed by atoms with Gasteiger partial charge < -0.3 is 5.32 Å². The van der Waals surface area contributed by atoms with Crippen LogP contribution in [0.4, 0.5) is 17.1 Å². The van der Waals surface area contributed by atoms with E-state index in [1.165, 1.54) is 12.1 Å². The highest BCUT2D eigenvalue weighted by molar-refractivity contribution is 7.89. The molecule has 0 aliphatic carbocycles. The van der Waals surface area contributed by atoms with Crippen molar-refractivity contribution >= 4 is 27.1 Å². The fourth-order valence-corrected chi connectivity index (χ4v) is 2.69. The number of nitro groups is 1. The van der Waals surface area contributed by atoms with Crippen LogP contribution in [0.2, 0.25) is 0 Å². The molecule has 0 aliphatic heterocycles. The van der Waals surface area contributed by atoms with Crippen LogP contribution in [-0.4, -0.2) is 13.3 Å². The topological polar surface area (TPSA) is 115 Å². The Hall–Kier alpha value is -2.45. The highest BCUT2D eigenvalue weighted by Gasteiger charge is 2.19. The van der Waals surface area contributed by atoms with E-state index in [2.05, 4.69) is 5.32 Å². The van der Waals surface area contributed by atoms with Crippen molar-refractivity contribution in [3.8, 4) is 0 Å². The van der Waals surface area contributed by atoms with Crippen molar-refractivity contribution in [3.63, 3.8) is 0 Å². The summed E-state index contributed by atoms with van der Waals surface area (Å²) in [5, 5.41) is 18.9. The molecule has 0 saturated carbocycles. The molecule has 0 aromatic heterocycles. The minimum Gasteiger partial charge on any atom is -0.354 e. The lowest BCUT2D eigenvalue weighted by molar-refractivity contribution is -0.385. The third kappa shape index (κ3) is 3.41. The lowest BCUT2D eigenvalue weighted by atomic mass is 10.1. The third-order valence-electron chi connectivity index (χ3n) is 3.14. The van der Waals surface area contributed by atoms with Gasteiger partial charge in [0, 0.05) is 17.8 Å². The van der Waals surface area contributed by atoms with E-state index in [1.54, 1.807) is 0 Å². The SMILES string of the molecule is Cc1ccc(C)c(Nc2ccc([N+](=O)[O-])cc2S(N)(=O)=O)c1. The lowest BCUT2D eigenvalue weighted by Crippen LogP contribution is -2.14. The molecule has 0 amide bonds. The molecule has 3 N–H and O–H groups in total. The standard InChI is InChI=1S/C14H15N3O4S/c1-9-3-4-10(2)13(7-9)16-12-6-5-11(17(18)19)8-14(12)22(15,20)21/h3-8,16H,1-2H3,(H2,15,20,21). The number of non-ortho nitro benzene ring substituents is 1. The van der Waals surface area contributed by atoms with Gasteiger partial charge in [-0.05, 0) is 37.1 Å². The first-order valence-electron chi connectivity index (χ1n) is 6.34. The van der Waals surface area contributed by atoms with Gasteiger partial charge in [0.2, 0.25) is 10.0 Å². The Bertz CT molecular complexity index is 847. The Morgan fingerprint density at radius 1 is 1.09 bits per heavy atom. The molecule has 0 saturated heterocycles. The first-order chi connectivity index (χ1) is 10.2. The average molecular weight is 321 g/mol. The van der Waals surface area contributed by atoms with Crippen molar-refractivity contribution in [3.05, 3.63) is 57.6 Å². The molecule has 0 unspecified atom stereocenters. The summed E-state index contributed by atoms with van der Waals surface area (Å²) in [5.41, 5.74) is 2.47. The second-order valence-corrected chi connectivity index (χ2v) is 6.46. The quantitative estimate of drug-likeness (QED) is 0.663. The molecule has 0 bridgehead atoms. The highest BCUT2D eigenvalue weighted by atomic mass is 32.2. The number of benzene rings is 2. The number of nitrogens with two attached hydrogens (primary N) is 1. The van der Waals surface area contributed by atoms with Crippen LogP contribution in [0.25, 0.3) is 0 Å². The molecular formula is C14H15N3O4S. The minimum absolute atomic E-state index is 0.196. The van der Waals surface area contributed by atoms with Gasteiger partial charge in [0.15, 0.2) is 0 Å². The van der Waals surface area contributed by atoms with Gasteiger partial charge in [0.25, 0.3) is 5.69 Å². The fraction of sp³-hybridized carbons (Fsp3) is 0.143. The molecule has 0 fully saturated rings. The number of hydrogen-bond donors (Lipinski definition) is 2. The van der Waals surface area contributed by atoms with E-state index >= 15 is 0 Å². The van der Waals surface area contributed by atoms with Gasteiger partial charge >= 0.3 is 0 Å². The number of nitrogens with one attached hydrogen (secondary N) is 1. The van der Waals surface area contributed by atoms with Gasteiger partial charge in [-0.3, -0.25) is 10.1 Å². The summed E-state index contributed by atoms with van der Waals surface area (Å²) in [6, 6.07) is 9.17. The second-order valence-electron chi connectivity index (χ2n) is 4.93. The lowest BCUT2D eigenvalue weighted by Gasteiger charge is -2.13. The van der Waals surface area contributed by atoms with Gasteiger partial charge in [0.1, 0.15) is 4.90 Å². The summed E-state index contributed by atoms with van der Waals surface area (Å²) in [7, 11) is -4.10. The molecule has 0 radical (unpaired) electrons. The number of nitro benzene ring substituents is 1. The monoisotopic (exact) mass is 321 g/mol. The van der Waals surface area contributed by atoms with Crippen molar-refractivity contribution in [2.75, 3.05) is 5.32 Å². The van der Waals surface area contributed by atoms with Crippen LogP contribution >= 0.6 is 0 Å². The molecule has 0 aliphatic rings. The molecule has 22 heavy (non-hydrogen) atoms. The number of nitrogens with zero attached hydrogens (tertiary/aromatic N) is 1. The predicted octanol–water partition coefficient (Wildman–Crippen LogP) is 2.60. The molecule has 2 rings (SSSR count). The van der Waals surface area contributed by atoms with Crippen LogP contribution in [0.1, 0.15) is 11.1 Å². The van der Waals surface area contributed by atoms with Crippen LogP contribution in [0.5, 0.6) is 0 Å². The predicted molar refractivity (Wildman–Crippen MR) is 83.7 cm³/mol. The Morgan fingerprint density at radius 3 is 2.36 bits per heavy atom. The van der Waals surface area contributed by atoms with Gasteiger partial charge in [-0.1, -0.05) is 12.1 Å². The molecule has 0 heterocycles. The fourth-order valence-electron chi connectivity index (χ4n) is 1.98. The molecule has 8 heteroatoms. The third-order valence-corrected chi connectivity index (χ3v) is 4.10. The smallest absolute Gasteiger partial charge is 0.270 e. The Labute approximate surface area is 128 Å². The Balaban J connectivity index is 2.55. The minimum atomic E-state index is -4.10. The Morgan fingerprint density at radius 2 is 1.77 bits per heavy atom. The van der Waals surface area contributed by atoms with E-state index in [1.807, 2.05) is 32.0 Å². The number of primary sulfonamides is 1. The number of rotatable bonds is 4. The van der Waals surface area contributed by atoms with Crippen molar-refractivity contribution in [1.29, 1.82) is 0 Å². The molecule has 0 spiro atoms. The molecule has 7 nitrogen and oxygen atoms in total. The van der Waals surface area contributed by atoms with Crippen molar-refractivity contribution in [2.24, 2.45) is 5.14 Å². The maximum absolute atomic E-state index is 11.7. The summed E-state index contributed by atoms with van der Waals surface area (Å²) in [6.45, 7) is 3.77. The van der Waals surface area contributed by atoms with Crippen LogP contribution in [0.3, 0.4) is 0 Å². The normalized spacial score (nSPS) is 11.2. The summed E-state index contributed by atoms with van der Waals surface area (Å²) in [4.78, 5) is 9.81. The maximum atomic E-state index is 11.7. The summed E-state index contributed by atoms with van der Waals surface area (Å²) in [5.74, 6) is 0. The van der Waals surface area contributed by atoms with E-state index < -0.39 is 14.9 Å². The van der Waals surface area contributed by atoms with Crippen molar-refractivity contribution in [1.82, 2.24) is 0 Å². The maximum Gasteiger partial charge on any atom is 0.270 e. The van der Waals surface area contributed by atoms with E-state index in [-0.39, 0.29) is 16.3 Å². The van der Waals surface area contributed by atoms with Crippen molar-refractivity contribution in [2.45, 2.75) is 18.7 Å². The number of anilines is 2. The van der Waals surface area contributed by atoms with E-state index in [0.29, 0.717) is 5.69 Å². The van der Waals surface area contributed by atoms with Crippen molar-refractivity contribution < 1.29 is 13.3 Å². The molecule has 2 aromatic rings. The van der Waals surface area contributed by atoms with Crippen LogP contribution in [0.15, 0.2) is 41.3 Å². The molecule has 116 valence electrons. The van der Waals surface area contributed by atoms with Crippen LogP contribution in [0, 0.1) is 24.0 Å². The summed E-state index contributed by atoms with van der Waals surface area (Å²) in [6.07, 6.45) is 0. The van der Waals surface area contributed by atoms with Gasteiger partial charge in [-0.2, -0.15) is 0 Å². The van der Waals surface area contributed by atoms with Crippen LogP contribution in [-0.2, 0) is 10.0 Å². The van der Waals surface area contributed by atoms with E-state index in [9.17, 15) is 18.5 Å². The molecular weight excluding hydrogens is 306 g/mol. The summed E-state index contributed by atoms with van der Waals surface area (Å²) < 4.78 is 23.4.